The Hall–Kier alpha value is -2.87. The molecule has 1 aromatic heterocycles. The van der Waals surface area contributed by atoms with Gasteiger partial charge in [-0.05, 0) is 50.3 Å². The van der Waals surface area contributed by atoms with Crippen LogP contribution in [0.5, 0.6) is 0 Å². The van der Waals surface area contributed by atoms with Crippen molar-refractivity contribution in [2.75, 3.05) is 13.1 Å². The molecule has 0 saturated heterocycles. The van der Waals surface area contributed by atoms with Crippen LogP contribution in [-0.4, -0.2) is 56.8 Å². The summed E-state index contributed by atoms with van der Waals surface area (Å²) in [6, 6.07) is 7.61. The van der Waals surface area contributed by atoms with E-state index in [2.05, 4.69) is 15.6 Å². The molecule has 1 atom stereocenters. The van der Waals surface area contributed by atoms with Crippen molar-refractivity contribution in [3.05, 3.63) is 52.6 Å². The number of amides is 3. The van der Waals surface area contributed by atoms with E-state index in [1.54, 1.807) is 16.4 Å². The molecule has 182 valence electrons. The topological polar surface area (TPSA) is 96.3 Å². The third-order valence-corrected chi connectivity index (χ3v) is 7.07. The van der Waals surface area contributed by atoms with Crippen LogP contribution in [0.1, 0.15) is 72.5 Å². The molecule has 1 aliphatic heterocycles. The second kappa shape index (κ2) is 10.2. The van der Waals surface area contributed by atoms with Gasteiger partial charge in [0.1, 0.15) is 11.2 Å². The monoisotopic (exact) mass is 485 g/mol. The molecule has 0 radical (unpaired) electrons. The molecule has 2 heterocycles. The predicted molar refractivity (Wildman–Crippen MR) is 130 cm³/mol. The van der Waals surface area contributed by atoms with Gasteiger partial charge in [-0.3, -0.25) is 14.4 Å². The summed E-state index contributed by atoms with van der Waals surface area (Å²) < 4.78 is 1.65. The van der Waals surface area contributed by atoms with E-state index in [-0.39, 0.29) is 35.8 Å². The lowest BCUT2D eigenvalue weighted by molar-refractivity contribution is -0.133. The molecule has 0 unspecified atom stereocenters. The molecule has 1 aromatic carbocycles. The summed E-state index contributed by atoms with van der Waals surface area (Å²) in [6.07, 6.45) is 7.00. The van der Waals surface area contributed by atoms with Crippen LogP contribution in [0.25, 0.3) is 0 Å². The summed E-state index contributed by atoms with van der Waals surface area (Å²) in [5, 5.41) is 6.67. The van der Waals surface area contributed by atoms with Gasteiger partial charge in [0.15, 0.2) is 5.69 Å². The SMILES string of the molecule is CCCN1C(=O)c2c(C(=O)NCCc3ccc(Cl)cc3)ncn2C[C@@]1(C)C(=O)NC1CCCC1. The minimum Gasteiger partial charge on any atom is -0.351 e. The molecule has 3 amide bonds. The number of benzene rings is 1. The van der Waals surface area contributed by atoms with Gasteiger partial charge in [-0.1, -0.05) is 43.5 Å². The molecule has 9 heteroatoms. The second-order valence-electron chi connectivity index (χ2n) is 9.39. The molecule has 2 aromatic rings. The van der Waals surface area contributed by atoms with Crippen LogP contribution in [0.3, 0.4) is 0 Å². The Balaban J connectivity index is 1.50. The van der Waals surface area contributed by atoms with Gasteiger partial charge in [0.05, 0.1) is 12.9 Å². The zero-order chi connectivity index (χ0) is 24.3. The van der Waals surface area contributed by atoms with Gasteiger partial charge in [0.25, 0.3) is 11.8 Å². The summed E-state index contributed by atoms with van der Waals surface area (Å²) >= 11 is 5.92. The fraction of sp³-hybridized carbons (Fsp3) is 0.520. The number of hydrogen-bond donors (Lipinski definition) is 2. The molecular weight excluding hydrogens is 454 g/mol. The standard InChI is InChI=1S/C25H32ClN5O3/c1-3-14-31-23(33)21-20(22(32)27-13-12-17-8-10-18(26)11-9-17)28-16-30(21)15-25(31,2)24(34)29-19-6-4-5-7-19/h8-11,16,19H,3-7,12-15H2,1-2H3,(H,27,32)(H,29,34)/t25-/m0/s1. The summed E-state index contributed by atoms with van der Waals surface area (Å²) in [4.78, 5) is 45.7. The molecule has 2 aliphatic rings. The lowest BCUT2D eigenvalue weighted by Crippen LogP contribution is -2.65. The summed E-state index contributed by atoms with van der Waals surface area (Å²) in [7, 11) is 0. The molecule has 4 rings (SSSR count). The van der Waals surface area contributed by atoms with Gasteiger partial charge in [-0.15, -0.1) is 0 Å². The third-order valence-electron chi connectivity index (χ3n) is 6.81. The number of hydrogen-bond acceptors (Lipinski definition) is 4. The van der Waals surface area contributed by atoms with E-state index in [0.29, 0.717) is 31.0 Å². The molecule has 1 fully saturated rings. The van der Waals surface area contributed by atoms with Crippen molar-refractivity contribution < 1.29 is 14.4 Å². The Morgan fingerprint density at radius 3 is 2.59 bits per heavy atom. The lowest BCUT2D eigenvalue weighted by Gasteiger charge is -2.44. The largest absolute Gasteiger partial charge is 0.351 e. The highest BCUT2D eigenvalue weighted by molar-refractivity contribution is 6.30. The smallest absolute Gasteiger partial charge is 0.273 e. The van der Waals surface area contributed by atoms with Crippen LogP contribution in [0, 0.1) is 0 Å². The fourth-order valence-corrected chi connectivity index (χ4v) is 5.02. The zero-order valence-electron chi connectivity index (χ0n) is 19.8. The fourth-order valence-electron chi connectivity index (χ4n) is 4.89. The third kappa shape index (κ3) is 4.82. The van der Waals surface area contributed by atoms with E-state index in [9.17, 15) is 14.4 Å². The molecule has 0 spiro atoms. The van der Waals surface area contributed by atoms with Crippen LogP contribution < -0.4 is 10.6 Å². The molecular formula is C25H32ClN5O3. The van der Waals surface area contributed by atoms with E-state index >= 15 is 0 Å². The number of carbonyl (C=O) groups is 3. The molecule has 8 nitrogen and oxygen atoms in total. The number of nitrogens with zero attached hydrogens (tertiary/aromatic N) is 3. The van der Waals surface area contributed by atoms with Crippen LogP contribution in [0.2, 0.25) is 5.02 Å². The first-order valence-corrected chi connectivity index (χ1v) is 12.4. The molecule has 0 bridgehead atoms. The van der Waals surface area contributed by atoms with Crippen molar-refractivity contribution in [2.24, 2.45) is 0 Å². The van der Waals surface area contributed by atoms with Crippen LogP contribution in [-0.2, 0) is 17.8 Å². The van der Waals surface area contributed by atoms with Gasteiger partial charge < -0.3 is 20.1 Å². The van der Waals surface area contributed by atoms with E-state index in [0.717, 1.165) is 31.2 Å². The van der Waals surface area contributed by atoms with Crippen LogP contribution >= 0.6 is 11.6 Å². The first-order chi connectivity index (χ1) is 16.3. The Kier molecular flexibility index (Phi) is 7.26. The van der Waals surface area contributed by atoms with Crippen molar-refractivity contribution in [3.63, 3.8) is 0 Å². The molecule has 1 saturated carbocycles. The Bertz CT molecular complexity index is 1060. The van der Waals surface area contributed by atoms with Crippen molar-refractivity contribution in [1.29, 1.82) is 0 Å². The summed E-state index contributed by atoms with van der Waals surface area (Å²) in [6.45, 7) is 4.87. The van der Waals surface area contributed by atoms with Crippen LogP contribution in [0.15, 0.2) is 30.6 Å². The number of rotatable bonds is 8. The highest BCUT2D eigenvalue weighted by Gasteiger charge is 2.48. The van der Waals surface area contributed by atoms with Gasteiger partial charge >= 0.3 is 0 Å². The minimum absolute atomic E-state index is 0.0976. The lowest BCUT2D eigenvalue weighted by atomic mass is 9.93. The Morgan fingerprint density at radius 2 is 1.91 bits per heavy atom. The number of halogens is 1. The highest BCUT2D eigenvalue weighted by atomic mass is 35.5. The molecule has 1 aliphatic carbocycles. The van der Waals surface area contributed by atoms with Gasteiger partial charge in [-0.2, -0.15) is 0 Å². The molecule has 34 heavy (non-hydrogen) atoms. The van der Waals surface area contributed by atoms with Crippen LogP contribution in [0.4, 0.5) is 0 Å². The number of nitrogens with one attached hydrogen (secondary N) is 2. The highest BCUT2D eigenvalue weighted by Crippen LogP contribution is 2.30. The summed E-state index contributed by atoms with van der Waals surface area (Å²) in [5.41, 5.74) is 0.348. The summed E-state index contributed by atoms with van der Waals surface area (Å²) in [5.74, 6) is -0.876. The van der Waals surface area contributed by atoms with E-state index in [1.165, 1.54) is 6.33 Å². The van der Waals surface area contributed by atoms with Crippen molar-refractivity contribution in [3.8, 4) is 0 Å². The van der Waals surface area contributed by atoms with Crippen molar-refractivity contribution >= 4 is 29.3 Å². The number of aromatic nitrogens is 2. The quantitative estimate of drug-likeness (QED) is 0.600. The van der Waals surface area contributed by atoms with E-state index < -0.39 is 11.4 Å². The van der Waals surface area contributed by atoms with Gasteiger partial charge in [-0.25, -0.2) is 4.98 Å². The first-order valence-electron chi connectivity index (χ1n) is 12.0. The first kappa shape index (κ1) is 24.3. The average molecular weight is 486 g/mol. The van der Waals surface area contributed by atoms with E-state index in [4.69, 9.17) is 11.6 Å². The maximum absolute atomic E-state index is 13.6. The number of carbonyl (C=O) groups excluding carboxylic acids is 3. The molecule has 2 N–H and O–H groups in total. The predicted octanol–water partition coefficient (Wildman–Crippen LogP) is 3.19. The van der Waals surface area contributed by atoms with Gasteiger partial charge in [0.2, 0.25) is 5.91 Å². The number of imidazole rings is 1. The van der Waals surface area contributed by atoms with Gasteiger partial charge in [0, 0.05) is 24.2 Å². The minimum atomic E-state index is -1.04. The van der Waals surface area contributed by atoms with Crippen molar-refractivity contribution in [2.45, 2.75) is 70.5 Å². The maximum Gasteiger partial charge on any atom is 0.273 e. The Labute approximate surface area is 205 Å². The maximum atomic E-state index is 13.6. The van der Waals surface area contributed by atoms with E-state index in [1.807, 2.05) is 31.2 Å². The normalized spacial score (nSPS) is 20.3. The second-order valence-corrected chi connectivity index (χ2v) is 9.82. The zero-order valence-corrected chi connectivity index (χ0v) is 20.5. The number of fused-ring (bicyclic) bond motifs is 1. The van der Waals surface area contributed by atoms with Crippen molar-refractivity contribution in [1.82, 2.24) is 25.1 Å². The Morgan fingerprint density at radius 1 is 1.21 bits per heavy atom. The average Bonchev–Trinajstić information content (AvgIpc) is 3.48.